The lowest BCUT2D eigenvalue weighted by atomic mass is 10.3. The molecule has 0 aromatic heterocycles. The molecule has 0 heterocycles. The van der Waals surface area contributed by atoms with Gasteiger partial charge in [0, 0.05) is 11.8 Å². The second kappa shape index (κ2) is 10.4. The van der Waals surface area contributed by atoms with Crippen LogP contribution in [0.1, 0.15) is 6.42 Å². The number of carbonyl (C=O) groups is 2. The average molecular weight is 351 g/mol. The predicted octanol–water partition coefficient (Wildman–Crippen LogP) is 1.79. The van der Waals surface area contributed by atoms with E-state index in [1.807, 2.05) is 0 Å². The number of esters is 2. The molecule has 0 fully saturated rings. The van der Waals surface area contributed by atoms with Gasteiger partial charge in [-0.2, -0.15) is 0 Å². The first-order chi connectivity index (χ1) is 9.45. The third-order valence-electron chi connectivity index (χ3n) is 2.14. The molecule has 0 bridgehead atoms. The van der Waals surface area contributed by atoms with Crippen LogP contribution in [0.25, 0.3) is 0 Å². The summed E-state index contributed by atoms with van der Waals surface area (Å²) >= 11 is 10.9. The standard InChI is InChI=1S/C10H17Cl2O7P/c1-16-9(13)7-8(10(14)17-2)20(15,18-5-3-11)19-6-4-12/h8H,3-7H2,1-2H3. The van der Waals surface area contributed by atoms with Gasteiger partial charge in [-0.3, -0.25) is 14.2 Å². The normalized spacial score (nSPS) is 12.8. The molecule has 0 saturated carbocycles. The fraction of sp³-hybridized carbons (Fsp3) is 0.800. The van der Waals surface area contributed by atoms with Gasteiger partial charge in [-0.05, 0) is 0 Å². The summed E-state index contributed by atoms with van der Waals surface area (Å²) in [6, 6.07) is 0. The van der Waals surface area contributed by atoms with Crippen molar-refractivity contribution in [3.8, 4) is 0 Å². The molecule has 118 valence electrons. The van der Waals surface area contributed by atoms with Crippen LogP contribution in [-0.2, 0) is 32.7 Å². The van der Waals surface area contributed by atoms with E-state index in [0.717, 1.165) is 14.2 Å². The Bertz CT molecular complexity index is 352. The minimum absolute atomic E-state index is 0.0420. The lowest BCUT2D eigenvalue weighted by Gasteiger charge is -2.24. The number of alkyl halides is 2. The summed E-state index contributed by atoms with van der Waals surface area (Å²) in [7, 11) is -1.71. The second-order valence-electron chi connectivity index (χ2n) is 3.40. The summed E-state index contributed by atoms with van der Waals surface area (Å²) in [5.74, 6) is -1.56. The fourth-order valence-electron chi connectivity index (χ4n) is 1.24. The van der Waals surface area contributed by atoms with Crippen molar-refractivity contribution in [1.29, 1.82) is 0 Å². The van der Waals surface area contributed by atoms with Gasteiger partial charge in [-0.1, -0.05) is 0 Å². The van der Waals surface area contributed by atoms with Crippen LogP contribution in [0.4, 0.5) is 0 Å². The third kappa shape index (κ3) is 6.41. The molecule has 7 nitrogen and oxygen atoms in total. The summed E-state index contributed by atoms with van der Waals surface area (Å²) in [5, 5.41) is 0. The molecule has 0 N–H and O–H groups in total. The Hall–Kier alpha value is -0.330. The summed E-state index contributed by atoms with van der Waals surface area (Å²) < 4.78 is 31.7. The van der Waals surface area contributed by atoms with Crippen molar-refractivity contribution in [1.82, 2.24) is 0 Å². The highest BCUT2D eigenvalue weighted by Crippen LogP contribution is 2.54. The van der Waals surface area contributed by atoms with E-state index >= 15 is 0 Å². The predicted molar refractivity (Wildman–Crippen MR) is 73.4 cm³/mol. The maximum atomic E-state index is 12.6. The SMILES string of the molecule is COC(=O)CC(C(=O)OC)P(=O)(OCCCl)OCCCl. The first-order valence-electron chi connectivity index (χ1n) is 5.60. The van der Waals surface area contributed by atoms with Crippen molar-refractivity contribution < 1.29 is 32.7 Å². The van der Waals surface area contributed by atoms with Crippen LogP contribution in [0, 0.1) is 0 Å². The van der Waals surface area contributed by atoms with E-state index in [0.29, 0.717) is 0 Å². The molecule has 10 heteroatoms. The summed E-state index contributed by atoms with van der Waals surface area (Å²) in [5.41, 5.74) is -1.42. The molecule has 0 aromatic rings. The van der Waals surface area contributed by atoms with Crippen LogP contribution in [0.2, 0.25) is 0 Å². The van der Waals surface area contributed by atoms with E-state index in [-0.39, 0.29) is 25.0 Å². The Morgan fingerprint density at radius 2 is 1.55 bits per heavy atom. The van der Waals surface area contributed by atoms with Crippen LogP contribution in [0.5, 0.6) is 0 Å². The number of carbonyl (C=O) groups excluding carboxylic acids is 2. The van der Waals surface area contributed by atoms with Crippen molar-refractivity contribution in [3.63, 3.8) is 0 Å². The number of ether oxygens (including phenoxy) is 2. The largest absolute Gasteiger partial charge is 0.469 e. The van der Waals surface area contributed by atoms with Crippen LogP contribution in [0.3, 0.4) is 0 Å². The Balaban J connectivity index is 5.20. The molecular formula is C10H17Cl2O7P. The summed E-state index contributed by atoms with van der Waals surface area (Å²) in [6.45, 7) is -0.231. The molecule has 0 radical (unpaired) electrons. The van der Waals surface area contributed by atoms with Gasteiger partial charge in [-0.15, -0.1) is 23.2 Å². The molecule has 0 aliphatic heterocycles. The lowest BCUT2D eigenvalue weighted by molar-refractivity contribution is -0.147. The molecule has 0 aliphatic rings. The molecule has 0 aliphatic carbocycles. The smallest absolute Gasteiger partial charge is 0.345 e. The van der Waals surface area contributed by atoms with Gasteiger partial charge in [0.15, 0.2) is 5.66 Å². The molecule has 0 aromatic carbocycles. The lowest BCUT2D eigenvalue weighted by Crippen LogP contribution is -2.28. The number of hydrogen-bond acceptors (Lipinski definition) is 7. The summed E-state index contributed by atoms with van der Waals surface area (Å²) in [6.07, 6.45) is -0.495. The minimum atomic E-state index is -3.95. The van der Waals surface area contributed by atoms with Gasteiger partial charge in [0.1, 0.15) is 0 Å². The van der Waals surface area contributed by atoms with Gasteiger partial charge < -0.3 is 18.5 Å². The zero-order valence-corrected chi connectivity index (χ0v) is 13.6. The molecule has 20 heavy (non-hydrogen) atoms. The zero-order valence-electron chi connectivity index (χ0n) is 11.2. The van der Waals surface area contributed by atoms with Crippen LogP contribution in [-0.4, -0.2) is 56.8 Å². The molecule has 0 amide bonds. The summed E-state index contributed by atoms with van der Waals surface area (Å²) in [4.78, 5) is 23.0. The van der Waals surface area contributed by atoms with E-state index in [1.165, 1.54) is 0 Å². The second-order valence-corrected chi connectivity index (χ2v) is 6.38. The van der Waals surface area contributed by atoms with Gasteiger partial charge in [0.25, 0.3) is 0 Å². The Labute approximate surface area is 127 Å². The molecule has 0 rings (SSSR count). The van der Waals surface area contributed by atoms with Gasteiger partial charge in [0.05, 0.1) is 33.9 Å². The minimum Gasteiger partial charge on any atom is -0.469 e. The molecule has 1 atom stereocenters. The maximum Gasteiger partial charge on any atom is 0.345 e. The quantitative estimate of drug-likeness (QED) is 0.337. The van der Waals surface area contributed by atoms with E-state index < -0.39 is 31.6 Å². The number of rotatable bonds is 10. The Morgan fingerprint density at radius 1 is 1.05 bits per heavy atom. The number of methoxy groups -OCH3 is 2. The third-order valence-corrected chi connectivity index (χ3v) is 4.69. The molecular weight excluding hydrogens is 334 g/mol. The average Bonchev–Trinajstić information content (AvgIpc) is 2.47. The van der Waals surface area contributed by atoms with Gasteiger partial charge in [0.2, 0.25) is 0 Å². The highest BCUT2D eigenvalue weighted by Gasteiger charge is 2.44. The van der Waals surface area contributed by atoms with E-state index in [4.69, 9.17) is 32.2 Å². The highest BCUT2D eigenvalue weighted by atomic mass is 35.5. The first-order valence-corrected chi connectivity index (χ1v) is 8.28. The fourth-order valence-corrected chi connectivity index (χ4v) is 3.47. The van der Waals surface area contributed by atoms with Crippen LogP contribution >= 0.6 is 30.8 Å². The highest BCUT2D eigenvalue weighted by molar-refractivity contribution is 7.55. The van der Waals surface area contributed by atoms with Gasteiger partial charge >= 0.3 is 19.5 Å². The molecule has 0 spiro atoms. The van der Waals surface area contributed by atoms with Crippen molar-refractivity contribution in [2.45, 2.75) is 12.1 Å². The number of halogens is 2. The monoisotopic (exact) mass is 350 g/mol. The van der Waals surface area contributed by atoms with E-state index in [1.54, 1.807) is 0 Å². The zero-order chi connectivity index (χ0) is 15.6. The first kappa shape index (κ1) is 19.7. The number of hydrogen-bond donors (Lipinski definition) is 0. The van der Waals surface area contributed by atoms with Crippen molar-refractivity contribution >= 4 is 42.7 Å². The van der Waals surface area contributed by atoms with Crippen molar-refractivity contribution in [2.24, 2.45) is 0 Å². The Kier molecular flexibility index (Phi) is 10.2. The molecule has 1 unspecified atom stereocenters. The van der Waals surface area contributed by atoms with E-state index in [9.17, 15) is 14.2 Å². The van der Waals surface area contributed by atoms with E-state index in [2.05, 4.69) is 9.47 Å². The van der Waals surface area contributed by atoms with Crippen molar-refractivity contribution in [2.75, 3.05) is 39.2 Å². The maximum absolute atomic E-state index is 12.6. The topological polar surface area (TPSA) is 88.1 Å². The van der Waals surface area contributed by atoms with Crippen molar-refractivity contribution in [3.05, 3.63) is 0 Å². The van der Waals surface area contributed by atoms with Crippen LogP contribution < -0.4 is 0 Å². The molecule has 0 saturated heterocycles. The van der Waals surface area contributed by atoms with Crippen LogP contribution in [0.15, 0.2) is 0 Å². The van der Waals surface area contributed by atoms with Gasteiger partial charge in [-0.25, -0.2) is 0 Å². The Morgan fingerprint density at radius 3 is 1.90 bits per heavy atom.